The van der Waals surface area contributed by atoms with Crippen molar-refractivity contribution in [3.8, 4) is 0 Å². The molecule has 2 saturated heterocycles. The van der Waals surface area contributed by atoms with Gasteiger partial charge in [0.2, 0.25) is 5.91 Å². The Kier molecular flexibility index (Phi) is 6.21. The fourth-order valence-electron chi connectivity index (χ4n) is 3.11. The largest absolute Gasteiger partial charge is 0.342 e. The topological polar surface area (TPSA) is 74.8 Å². The summed E-state index contributed by atoms with van der Waals surface area (Å²) in [6, 6.07) is 5.56. The monoisotopic (exact) mass is 442 g/mol. The number of carbonyl (C=O) groups excluding carboxylic acids is 2. The third-order valence-corrected chi connectivity index (χ3v) is 7.85. The molecule has 0 N–H and O–H groups in total. The molecule has 2 heterocycles. The minimum Gasteiger partial charge on any atom is -0.342 e. The molecule has 0 bridgehead atoms. The third-order valence-electron chi connectivity index (χ3n) is 4.72. The summed E-state index contributed by atoms with van der Waals surface area (Å²) in [6.45, 7) is 0.119. The Morgan fingerprint density at radius 2 is 2.21 bits per heavy atom. The van der Waals surface area contributed by atoms with Crippen LogP contribution in [0, 0.1) is 5.82 Å². The van der Waals surface area contributed by atoms with E-state index >= 15 is 0 Å². The SMILES string of the molecule is CN(C(=O)CCN1C(=O)/C(=C/c2cccc(F)c2)SC1=S)[C@@H]1CCS(=O)(=O)C1. The Morgan fingerprint density at radius 1 is 1.46 bits per heavy atom. The predicted molar refractivity (Wildman–Crippen MR) is 111 cm³/mol. The summed E-state index contributed by atoms with van der Waals surface area (Å²) in [4.78, 5) is 28.2. The number of carbonyl (C=O) groups is 2. The first-order valence-corrected chi connectivity index (χ1v) is 11.7. The van der Waals surface area contributed by atoms with Crippen molar-refractivity contribution >= 4 is 56.0 Å². The number of amides is 2. The summed E-state index contributed by atoms with van der Waals surface area (Å²) in [5, 5.41) is 0. The van der Waals surface area contributed by atoms with E-state index in [1.165, 1.54) is 21.9 Å². The average molecular weight is 443 g/mol. The Bertz CT molecular complexity index is 961. The highest BCUT2D eigenvalue weighted by atomic mass is 32.2. The molecule has 1 atom stereocenters. The first-order chi connectivity index (χ1) is 13.2. The van der Waals surface area contributed by atoms with Crippen LogP contribution in [0.4, 0.5) is 4.39 Å². The van der Waals surface area contributed by atoms with Gasteiger partial charge in [0.1, 0.15) is 10.1 Å². The minimum absolute atomic E-state index is 0.0212. The van der Waals surface area contributed by atoms with Gasteiger partial charge in [0, 0.05) is 26.1 Å². The van der Waals surface area contributed by atoms with Crippen molar-refractivity contribution < 1.29 is 22.4 Å². The zero-order chi connectivity index (χ0) is 20.5. The van der Waals surface area contributed by atoms with Crippen LogP contribution in [0.5, 0.6) is 0 Å². The second kappa shape index (κ2) is 8.30. The van der Waals surface area contributed by atoms with Gasteiger partial charge in [0.15, 0.2) is 9.84 Å². The maximum Gasteiger partial charge on any atom is 0.266 e. The third kappa shape index (κ3) is 4.79. The summed E-state index contributed by atoms with van der Waals surface area (Å²) in [5.74, 6) is -0.878. The van der Waals surface area contributed by atoms with Crippen LogP contribution in [-0.4, -0.2) is 65.5 Å². The fourth-order valence-corrected chi connectivity index (χ4v) is 6.19. The van der Waals surface area contributed by atoms with Gasteiger partial charge in [-0.1, -0.05) is 36.1 Å². The summed E-state index contributed by atoms with van der Waals surface area (Å²) >= 11 is 6.35. The smallest absolute Gasteiger partial charge is 0.266 e. The molecule has 0 unspecified atom stereocenters. The fraction of sp³-hybridized carbons (Fsp3) is 0.389. The molecule has 6 nitrogen and oxygen atoms in total. The van der Waals surface area contributed by atoms with Crippen LogP contribution in [0.3, 0.4) is 0 Å². The molecule has 28 heavy (non-hydrogen) atoms. The van der Waals surface area contributed by atoms with E-state index in [-0.39, 0.29) is 42.3 Å². The van der Waals surface area contributed by atoms with Gasteiger partial charge in [-0.15, -0.1) is 0 Å². The lowest BCUT2D eigenvalue weighted by Gasteiger charge is -2.24. The van der Waals surface area contributed by atoms with Crippen LogP contribution < -0.4 is 0 Å². The maximum atomic E-state index is 13.3. The molecule has 0 spiro atoms. The molecule has 10 heteroatoms. The molecule has 1 aromatic rings. The van der Waals surface area contributed by atoms with Crippen LogP contribution in [0.2, 0.25) is 0 Å². The van der Waals surface area contributed by atoms with Crippen molar-refractivity contribution in [2.24, 2.45) is 0 Å². The van der Waals surface area contributed by atoms with Gasteiger partial charge in [0.05, 0.1) is 16.4 Å². The molecule has 0 saturated carbocycles. The quantitative estimate of drug-likeness (QED) is 0.513. The summed E-state index contributed by atoms with van der Waals surface area (Å²) in [5.41, 5.74) is 0.554. The van der Waals surface area contributed by atoms with E-state index in [2.05, 4.69) is 0 Å². The highest BCUT2D eigenvalue weighted by molar-refractivity contribution is 8.26. The van der Waals surface area contributed by atoms with Gasteiger partial charge in [0.25, 0.3) is 5.91 Å². The first-order valence-electron chi connectivity index (χ1n) is 8.63. The van der Waals surface area contributed by atoms with Gasteiger partial charge in [-0.3, -0.25) is 14.5 Å². The van der Waals surface area contributed by atoms with Crippen molar-refractivity contribution in [2.75, 3.05) is 25.1 Å². The molecular weight excluding hydrogens is 423 g/mol. The molecule has 0 aromatic heterocycles. The van der Waals surface area contributed by atoms with Crippen LogP contribution in [-0.2, 0) is 19.4 Å². The normalized spacial score (nSPS) is 22.9. The Balaban J connectivity index is 1.61. The van der Waals surface area contributed by atoms with Gasteiger partial charge in [-0.2, -0.15) is 0 Å². The highest BCUT2D eigenvalue weighted by Gasteiger charge is 2.35. The second-order valence-electron chi connectivity index (χ2n) is 6.70. The van der Waals surface area contributed by atoms with E-state index in [1.54, 1.807) is 25.3 Å². The summed E-state index contributed by atoms with van der Waals surface area (Å²) in [6.07, 6.45) is 2.05. The number of benzene rings is 1. The van der Waals surface area contributed by atoms with Crippen LogP contribution in [0.25, 0.3) is 6.08 Å². The van der Waals surface area contributed by atoms with Gasteiger partial charge in [-0.25, -0.2) is 12.8 Å². The van der Waals surface area contributed by atoms with Crippen molar-refractivity contribution in [3.63, 3.8) is 0 Å². The van der Waals surface area contributed by atoms with Gasteiger partial charge >= 0.3 is 0 Å². The van der Waals surface area contributed by atoms with Crippen molar-refractivity contribution in [3.05, 3.63) is 40.6 Å². The molecule has 2 aliphatic heterocycles. The Morgan fingerprint density at radius 3 is 2.86 bits per heavy atom. The van der Waals surface area contributed by atoms with Crippen LogP contribution >= 0.6 is 24.0 Å². The lowest BCUT2D eigenvalue weighted by Crippen LogP contribution is -2.40. The number of halogens is 1. The van der Waals surface area contributed by atoms with E-state index in [4.69, 9.17) is 12.2 Å². The zero-order valence-electron chi connectivity index (χ0n) is 15.1. The number of nitrogens with zero attached hydrogens (tertiary/aromatic N) is 2. The molecule has 2 fully saturated rings. The number of hydrogen-bond donors (Lipinski definition) is 0. The lowest BCUT2D eigenvalue weighted by molar-refractivity contribution is -0.132. The summed E-state index contributed by atoms with van der Waals surface area (Å²) < 4.78 is 36.8. The zero-order valence-corrected chi connectivity index (χ0v) is 17.6. The van der Waals surface area contributed by atoms with Crippen molar-refractivity contribution in [1.29, 1.82) is 0 Å². The number of thioether (sulfide) groups is 1. The van der Waals surface area contributed by atoms with Gasteiger partial charge in [-0.05, 0) is 30.2 Å². The predicted octanol–water partition coefficient (Wildman–Crippen LogP) is 2.06. The molecule has 150 valence electrons. The lowest BCUT2D eigenvalue weighted by atomic mass is 10.2. The number of hydrogen-bond acceptors (Lipinski definition) is 6. The molecule has 2 amide bonds. The van der Waals surface area contributed by atoms with Crippen LogP contribution in [0.15, 0.2) is 29.2 Å². The van der Waals surface area contributed by atoms with E-state index in [1.807, 2.05) is 0 Å². The van der Waals surface area contributed by atoms with Crippen molar-refractivity contribution in [1.82, 2.24) is 9.80 Å². The highest BCUT2D eigenvalue weighted by Crippen LogP contribution is 2.32. The molecule has 1 aromatic carbocycles. The van der Waals surface area contributed by atoms with E-state index in [9.17, 15) is 22.4 Å². The molecule has 0 aliphatic carbocycles. The van der Waals surface area contributed by atoms with E-state index in [0.717, 1.165) is 11.8 Å². The first kappa shape index (κ1) is 20.9. The Hall–Kier alpha value is -1.78. The average Bonchev–Trinajstić information content (AvgIpc) is 3.11. The molecular formula is C18H19FN2O4S3. The van der Waals surface area contributed by atoms with Crippen LogP contribution in [0.1, 0.15) is 18.4 Å². The summed E-state index contributed by atoms with van der Waals surface area (Å²) in [7, 11) is -1.49. The Labute approximate surface area is 172 Å². The molecule has 0 radical (unpaired) electrons. The maximum absolute atomic E-state index is 13.3. The molecule has 2 aliphatic rings. The second-order valence-corrected chi connectivity index (χ2v) is 10.6. The standard InChI is InChI=1S/C18H19FN2O4S3/c1-20(14-6-8-28(24,25)11-14)16(22)5-7-21-17(23)15(27-18(21)26)10-12-3-2-4-13(19)9-12/h2-4,9-10,14H,5-8,11H2,1H3/b15-10-/t14-/m1/s1. The number of sulfone groups is 1. The van der Waals surface area contributed by atoms with E-state index < -0.39 is 15.7 Å². The van der Waals surface area contributed by atoms with Gasteiger partial charge < -0.3 is 4.90 Å². The van der Waals surface area contributed by atoms with E-state index in [0.29, 0.717) is 21.2 Å². The minimum atomic E-state index is -3.08. The number of thiocarbonyl (C=S) groups is 1. The number of rotatable bonds is 5. The molecule has 3 rings (SSSR count). The van der Waals surface area contributed by atoms with Crippen molar-refractivity contribution in [2.45, 2.75) is 18.9 Å².